The molecule has 2 heterocycles. The molecule has 0 unspecified atom stereocenters. The Morgan fingerprint density at radius 2 is 2.00 bits per heavy atom. The first-order valence-corrected chi connectivity index (χ1v) is 10.3. The molecule has 4 rings (SSSR count). The molecule has 0 spiro atoms. The molecular weight excluding hydrogens is 446 g/mol. The first kappa shape index (κ1) is 20.0. The minimum atomic E-state index is -0.166. The number of hydrogen-bond acceptors (Lipinski definition) is 4. The van der Waals surface area contributed by atoms with E-state index >= 15 is 0 Å². The van der Waals surface area contributed by atoms with Crippen molar-refractivity contribution in [3.05, 3.63) is 92.6 Å². The van der Waals surface area contributed by atoms with E-state index in [-0.39, 0.29) is 11.5 Å². The SMILES string of the molecule is Cc1cccc(Cn2cnc3c(cnn3CCNC(=O)c3cccc(Br)c3)c2=O)c1. The fraction of sp³-hybridized carbons (Fsp3) is 0.182. The van der Waals surface area contributed by atoms with E-state index in [0.717, 1.165) is 15.6 Å². The van der Waals surface area contributed by atoms with Gasteiger partial charge in [-0.3, -0.25) is 14.2 Å². The minimum Gasteiger partial charge on any atom is -0.350 e. The summed E-state index contributed by atoms with van der Waals surface area (Å²) in [6.45, 7) is 3.26. The third kappa shape index (κ3) is 4.33. The number of fused-ring (bicyclic) bond motifs is 1. The molecule has 4 aromatic rings. The van der Waals surface area contributed by atoms with Crippen molar-refractivity contribution in [2.45, 2.75) is 20.0 Å². The van der Waals surface area contributed by atoms with Crippen molar-refractivity contribution in [3.8, 4) is 0 Å². The zero-order valence-corrected chi connectivity index (χ0v) is 18.0. The van der Waals surface area contributed by atoms with Crippen LogP contribution in [0.15, 0.2) is 70.3 Å². The Bertz CT molecular complexity index is 1280. The second-order valence-corrected chi connectivity index (χ2v) is 7.95. The quantitative estimate of drug-likeness (QED) is 0.474. The van der Waals surface area contributed by atoms with E-state index in [1.807, 2.05) is 43.3 Å². The van der Waals surface area contributed by atoms with Crippen LogP contribution in [0.4, 0.5) is 0 Å². The summed E-state index contributed by atoms with van der Waals surface area (Å²) in [6.07, 6.45) is 3.08. The summed E-state index contributed by atoms with van der Waals surface area (Å²) in [6, 6.07) is 15.2. The molecule has 152 valence electrons. The molecular formula is C22H20BrN5O2. The summed E-state index contributed by atoms with van der Waals surface area (Å²) in [5, 5.41) is 7.61. The van der Waals surface area contributed by atoms with E-state index in [0.29, 0.717) is 36.2 Å². The van der Waals surface area contributed by atoms with Crippen LogP contribution in [-0.4, -0.2) is 31.8 Å². The highest BCUT2D eigenvalue weighted by atomic mass is 79.9. The number of benzene rings is 2. The molecule has 30 heavy (non-hydrogen) atoms. The van der Waals surface area contributed by atoms with Crippen LogP contribution in [0, 0.1) is 6.92 Å². The number of carbonyl (C=O) groups is 1. The van der Waals surface area contributed by atoms with Crippen molar-refractivity contribution in [2.75, 3.05) is 6.54 Å². The molecule has 0 saturated carbocycles. The monoisotopic (exact) mass is 465 g/mol. The van der Waals surface area contributed by atoms with E-state index in [1.165, 1.54) is 6.20 Å². The van der Waals surface area contributed by atoms with E-state index in [2.05, 4.69) is 31.3 Å². The molecule has 0 bridgehead atoms. The summed E-state index contributed by atoms with van der Waals surface area (Å²) in [4.78, 5) is 29.5. The number of amides is 1. The van der Waals surface area contributed by atoms with Gasteiger partial charge in [-0.1, -0.05) is 51.8 Å². The summed E-state index contributed by atoms with van der Waals surface area (Å²) in [7, 11) is 0. The lowest BCUT2D eigenvalue weighted by Gasteiger charge is -2.08. The molecule has 2 aromatic carbocycles. The molecule has 1 N–H and O–H groups in total. The number of aromatic nitrogens is 4. The second-order valence-electron chi connectivity index (χ2n) is 7.04. The van der Waals surface area contributed by atoms with E-state index in [9.17, 15) is 9.59 Å². The number of nitrogens with one attached hydrogen (secondary N) is 1. The van der Waals surface area contributed by atoms with Crippen LogP contribution >= 0.6 is 15.9 Å². The lowest BCUT2D eigenvalue weighted by Crippen LogP contribution is -2.27. The molecule has 0 aliphatic carbocycles. The second kappa shape index (κ2) is 8.62. The molecule has 7 nitrogen and oxygen atoms in total. The zero-order valence-electron chi connectivity index (χ0n) is 16.4. The summed E-state index contributed by atoms with van der Waals surface area (Å²) in [5.74, 6) is -0.166. The van der Waals surface area contributed by atoms with Gasteiger partial charge in [-0.25, -0.2) is 9.67 Å². The van der Waals surface area contributed by atoms with E-state index < -0.39 is 0 Å². The van der Waals surface area contributed by atoms with Crippen LogP contribution in [0.1, 0.15) is 21.5 Å². The normalized spacial score (nSPS) is 11.0. The smallest absolute Gasteiger partial charge is 0.264 e. The molecule has 0 saturated heterocycles. The minimum absolute atomic E-state index is 0.133. The number of hydrogen-bond donors (Lipinski definition) is 1. The van der Waals surface area contributed by atoms with Gasteiger partial charge in [-0.05, 0) is 30.7 Å². The van der Waals surface area contributed by atoms with Gasteiger partial charge in [0.15, 0.2) is 5.65 Å². The van der Waals surface area contributed by atoms with Crippen LogP contribution in [0.2, 0.25) is 0 Å². The van der Waals surface area contributed by atoms with Gasteiger partial charge in [0.1, 0.15) is 11.7 Å². The maximum absolute atomic E-state index is 12.8. The van der Waals surface area contributed by atoms with Gasteiger partial charge in [0.05, 0.1) is 19.3 Å². The number of nitrogens with zero attached hydrogens (tertiary/aromatic N) is 4. The maximum atomic E-state index is 12.8. The van der Waals surface area contributed by atoms with Crippen molar-refractivity contribution < 1.29 is 4.79 Å². The highest BCUT2D eigenvalue weighted by Gasteiger charge is 2.11. The Kier molecular flexibility index (Phi) is 5.76. The number of halogens is 1. The highest BCUT2D eigenvalue weighted by molar-refractivity contribution is 9.10. The highest BCUT2D eigenvalue weighted by Crippen LogP contribution is 2.12. The Labute approximate surface area is 181 Å². The Morgan fingerprint density at radius 1 is 1.17 bits per heavy atom. The van der Waals surface area contributed by atoms with E-state index in [4.69, 9.17) is 0 Å². The number of carbonyl (C=O) groups excluding carboxylic acids is 1. The molecule has 0 fully saturated rings. The summed E-state index contributed by atoms with van der Waals surface area (Å²) < 4.78 is 4.06. The Balaban J connectivity index is 1.46. The van der Waals surface area contributed by atoms with Crippen molar-refractivity contribution in [1.29, 1.82) is 0 Å². The maximum Gasteiger partial charge on any atom is 0.264 e. The van der Waals surface area contributed by atoms with Crippen LogP contribution in [0.25, 0.3) is 11.0 Å². The third-order valence-electron chi connectivity index (χ3n) is 4.75. The predicted molar refractivity (Wildman–Crippen MR) is 119 cm³/mol. The molecule has 1 amide bonds. The first-order valence-electron chi connectivity index (χ1n) is 9.51. The molecule has 2 aromatic heterocycles. The fourth-order valence-electron chi connectivity index (χ4n) is 3.29. The molecule has 0 atom stereocenters. The van der Waals surface area contributed by atoms with Crippen molar-refractivity contribution in [2.24, 2.45) is 0 Å². The van der Waals surface area contributed by atoms with Gasteiger partial charge in [0, 0.05) is 16.6 Å². The topological polar surface area (TPSA) is 81.8 Å². The van der Waals surface area contributed by atoms with Crippen molar-refractivity contribution in [1.82, 2.24) is 24.6 Å². The van der Waals surface area contributed by atoms with Crippen molar-refractivity contribution in [3.63, 3.8) is 0 Å². The fourth-order valence-corrected chi connectivity index (χ4v) is 3.69. The molecule has 0 aliphatic rings. The van der Waals surface area contributed by atoms with Crippen LogP contribution < -0.4 is 10.9 Å². The molecule has 0 radical (unpaired) electrons. The number of rotatable bonds is 6. The zero-order chi connectivity index (χ0) is 21.1. The third-order valence-corrected chi connectivity index (χ3v) is 5.25. The van der Waals surface area contributed by atoms with Crippen LogP contribution in [-0.2, 0) is 13.1 Å². The van der Waals surface area contributed by atoms with Crippen LogP contribution in [0.5, 0.6) is 0 Å². The number of aryl methyl sites for hydroxylation is 1. The molecule has 0 aliphatic heterocycles. The lowest BCUT2D eigenvalue weighted by atomic mass is 10.1. The Hall–Kier alpha value is -3.26. The van der Waals surface area contributed by atoms with Crippen molar-refractivity contribution >= 4 is 32.9 Å². The standard InChI is InChI=1S/C22H20BrN5O2/c1-15-4-2-5-16(10-15)13-27-14-25-20-19(22(27)30)12-26-28(20)9-8-24-21(29)17-6-3-7-18(23)11-17/h2-7,10-12,14H,8-9,13H2,1H3,(H,24,29). The first-order chi connectivity index (χ1) is 14.5. The predicted octanol–water partition coefficient (Wildman–Crippen LogP) is 3.14. The average Bonchev–Trinajstić information content (AvgIpc) is 3.14. The largest absolute Gasteiger partial charge is 0.350 e. The van der Waals surface area contributed by atoms with Gasteiger partial charge in [0.2, 0.25) is 0 Å². The van der Waals surface area contributed by atoms with Gasteiger partial charge in [0.25, 0.3) is 11.5 Å². The van der Waals surface area contributed by atoms with Crippen LogP contribution in [0.3, 0.4) is 0 Å². The Morgan fingerprint density at radius 3 is 2.80 bits per heavy atom. The van der Waals surface area contributed by atoms with Gasteiger partial charge < -0.3 is 5.32 Å². The molecule has 8 heteroatoms. The van der Waals surface area contributed by atoms with E-state index in [1.54, 1.807) is 27.7 Å². The van der Waals surface area contributed by atoms with Gasteiger partial charge in [-0.2, -0.15) is 5.10 Å². The van der Waals surface area contributed by atoms with Gasteiger partial charge in [-0.15, -0.1) is 0 Å². The average molecular weight is 466 g/mol. The summed E-state index contributed by atoms with van der Waals surface area (Å²) >= 11 is 3.36. The van der Waals surface area contributed by atoms with Gasteiger partial charge >= 0.3 is 0 Å². The lowest BCUT2D eigenvalue weighted by molar-refractivity contribution is 0.0952. The summed E-state index contributed by atoms with van der Waals surface area (Å²) in [5.41, 5.74) is 3.14.